The van der Waals surface area contributed by atoms with Crippen LogP contribution in [0.4, 0.5) is 11.4 Å². The van der Waals surface area contributed by atoms with Crippen LogP contribution in [0.15, 0.2) is 42.5 Å². The van der Waals surface area contributed by atoms with Crippen LogP contribution in [-0.2, 0) is 6.42 Å². The van der Waals surface area contributed by atoms with Crippen molar-refractivity contribution < 1.29 is 0 Å². The van der Waals surface area contributed by atoms with Crippen molar-refractivity contribution in [2.75, 3.05) is 16.8 Å². The van der Waals surface area contributed by atoms with Crippen LogP contribution in [0, 0.1) is 6.92 Å². The van der Waals surface area contributed by atoms with Gasteiger partial charge in [0.2, 0.25) is 0 Å². The Hall–Kier alpha value is -1.87. The third kappa shape index (κ3) is 3.56. The molecule has 0 bridgehead atoms. The molecule has 1 heterocycles. The molecule has 0 atom stereocenters. The topological polar surface area (TPSA) is 15.3 Å². The molecule has 1 aliphatic rings. The highest BCUT2D eigenvalue weighted by Crippen LogP contribution is 2.28. The van der Waals surface area contributed by atoms with Gasteiger partial charge in [-0.05, 0) is 67.2 Å². The summed E-state index contributed by atoms with van der Waals surface area (Å²) in [6, 6.07) is 15.2. The zero-order valence-corrected chi connectivity index (χ0v) is 14.9. The van der Waals surface area contributed by atoms with Crippen molar-refractivity contribution in [3.8, 4) is 0 Å². The Bertz CT molecular complexity index is 704. The molecule has 2 nitrogen and oxygen atoms in total. The molecule has 2 aromatic rings. The average Bonchev–Trinajstić information content (AvgIpc) is 2.54. The molecule has 0 aliphatic carbocycles. The molecule has 23 heavy (non-hydrogen) atoms. The summed E-state index contributed by atoms with van der Waals surface area (Å²) >= 11 is 5.66. The van der Waals surface area contributed by atoms with Gasteiger partial charge in [0.25, 0.3) is 0 Å². The number of fused-ring (bicyclic) bond motifs is 1. The molecule has 0 saturated heterocycles. The van der Waals surface area contributed by atoms with Gasteiger partial charge in [0, 0.05) is 17.9 Å². The van der Waals surface area contributed by atoms with Crippen LogP contribution in [-0.4, -0.2) is 11.7 Å². The third-order valence-corrected chi connectivity index (χ3v) is 4.75. The first-order valence-corrected chi connectivity index (χ1v) is 8.73. The van der Waals surface area contributed by atoms with E-state index in [1.165, 1.54) is 22.4 Å². The number of nitrogens with zero attached hydrogens (tertiary/aromatic N) is 1. The molecule has 1 aliphatic heterocycles. The molecule has 120 valence electrons. The lowest BCUT2D eigenvalue weighted by molar-refractivity contribution is 0.780. The van der Waals surface area contributed by atoms with Crippen LogP contribution < -0.4 is 10.2 Å². The van der Waals surface area contributed by atoms with Crippen LogP contribution in [0.2, 0.25) is 0 Å². The van der Waals surface area contributed by atoms with Crippen molar-refractivity contribution in [3.05, 3.63) is 59.2 Å². The smallest absolute Gasteiger partial charge is 0.177 e. The number of benzene rings is 2. The number of anilines is 2. The fraction of sp³-hybridized carbons (Fsp3) is 0.350. The Balaban J connectivity index is 1.77. The van der Waals surface area contributed by atoms with E-state index in [2.05, 4.69) is 73.5 Å². The molecule has 0 unspecified atom stereocenters. The second kappa shape index (κ2) is 6.71. The first-order valence-electron chi connectivity index (χ1n) is 8.32. The normalized spacial score (nSPS) is 13.8. The Morgan fingerprint density at radius 2 is 1.87 bits per heavy atom. The standard InChI is InChI=1S/C20H24N2S/c1-14(2)16-7-9-18(10-8-16)21-20(23)22-12-4-5-17-13-15(3)6-11-19(17)22/h6-11,13-14H,4-5,12H2,1-3H3,(H,21,23). The van der Waals surface area contributed by atoms with Crippen LogP contribution in [0.1, 0.15) is 42.9 Å². The van der Waals surface area contributed by atoms with Gasteiger partial charge in [-0.15, -0.1) is 0 Å². The molecule has 0 amide bonds. The SMILES string of the molecule is Cc1ccc2c(c1)CCCN2C(=S)Nc1ccc(C(C)C)cc1. The van der Waals surface area contributed by atoms with E-state index in [-0.39, 0.29) is 0 Å². The zero-order chi connectivity index (χ0) is 16.4. The second-order valence-electron chi connectivity index (χ2n) is 6.59. The molecular formula is C20H24N2S. The summed E-state index contributed by atoms with van der Waals surface area (Å²) in [6.45, 7) is 7.54. The maximum absolute atomic E-state index is 5.66. The molecule has 1 N–H and O–H groups in total. The summed E-state index contributed by atoms with van der Waals surface area (Å²) in [4.78, 5) is 2.23. The molecule has 3 heteroatoms. The van der Waals surface area contributed by atoms with E-state index in [4.69, 9.17) is 12.2 Å². The Morgan fingerprint density at radius 3 is 2.57 bits per heavy atom. The summed E-state index contributed by atoms with van der Waals surface area (Å²) in [5, 5.41) is 4.17. The second-order valence-corrected chi connectivity index (χ2v) is 6.98. The van der Waals surface area contributed by atoms with E-state index in [1.54, 1.807) is 0 Å². The maximum atomic E-state index is 5.66. The molecule has 0 saturated carbocycles. The Kier molecular flexibility index (Phi) is 4.67. The van der Waals surface area contributed by atoms with Crippen molar-refractivity contribution in [1.82, 2.24) is 0 Å². The van der Waals surface area contributed by atoms with Crippen molar-refractivity contribution in [2.24, 2.45) is 0 Å². The van der Waals surface area contributed by atoms with Crippen molar-refractivity contribution in [2.45, 2.75) is 39.5 Å². The minimum Gasteiger partial charge on any atom is -0.332 e. The van der Waals surface area contributed by atoms with Gasteiger partial charge >= 0.3 is 0 Å². The third-order valence-electron chi connectivity index (χ3n) is 4.43. The van der Waals surface area contributed by atoms with Gasteiger partial charge < -0.3 is 10.2 Å². The van der Waals surface area contributed by atoms with Crippen LogP contribution in [0.3, 0.4) is 0 Å². The van der Waals surface area contributed by atoms with Crippen LogP contribution in [0.5, 0.6) is 0 Å². The van der Waals surface area contributed by atoms with Crippen molar-refractivity contribution >= 4 is 28.7 Å². The Morgan fingerprint density at radius 1 is 1.13 bits per heavy atom. The number of aryl methyl sites for hydroxylation is 2. The fourth-order valence-corrected chi connectivity index (χ4v) is 3.39. The van der Waals surface area contributed by atoms with E-state index < -0.39 is 0 Å². The molecule has 0 fully saturated rings. The van der Waals surface area contributed by atoms with E-state index in [1.807, 2.05) is 0 Å². The lowest BCUT2D eigenvalue weighted by Crippen LogP contribution is -2.38. The van der Waals surface area contributed by atoms with Gasteiger partial charge in [-0.2, -0.15) is 0 Å². The van der Waals surface area contributed by atoms with Crippen LogP contribution in [0.25, 0.3) is 0 Å². The predicted octanol–water partition coefficient (Wildman–Crippen LogP) is 5.27. The summed E-state index contributed by atoms with van der Waals surface area (Å²) < 4.78 is 0. The number of hydrogen-bond donors (Lipinski definition) is 1. The minimum absolute atomic E-state index is 0.549. The number of rotatable bonds is 2. The van der Waals surface area contributed by atoms with E-state index in [0.29, 0.717) is 5.92 Å². The van der Waals surface area contributed by atoms with E-state index >= 15 is 0 Å². The summed E-state index contributed by atoms with van der Waals surface area (Å²) in [5.41, 5.74) is 6.36. The summed E-state index contributed by atoms with van der Waals surface area (Å²) in [5.74, 6) is 0.549. The van der Waals surface area contributed by atoms with Gasteiger partial charge in [-0.25, -0.2) is 0 Å². The van der Waals surface area contributed by atoms with Gasteiger partial charge in [-0.1, -0.05) is 43.7 Å². The molecule has 0 aromatic heterocycles. The lowest BCUT2D eigenvalue weighted by atomic mass is 10.00. The van der Waals surface area contributed by atoms with Gasteiger partial charge in [0.05, 0.1) is 0 Å². The highest BCUT2D eigenvalue weighted by molar-refractivity contribution is 7.80. The highest BCUT2D eigenvalue weighted by atomic mass is 32.1. The van der Waals surface area contributed by atoms with Gasteiger partial charge in [-0.3, -0.25) is 0 Å². The largest absolute Gasteiger partial charge is 0.332 e. The molecular weight excluding hydrogens is 300 g/mol. The summed E-state index contributed by atoms with van der Waals surface area (Å²) in [7, 11) is 0. The van der Waals surface area contributed by atoms with Gasteiger partial charge in [0.1, 0.15) is 0 Å². The molecule has 3 rings (SSSR count). The number of hydrogen-bond acceptors (Lipinski definition) is 1. The van der Waals surface area contributed by atoms with E-state index in [0.717, 1.165) is 30.2 Å². The van der Waals surface area contributed by atoms with Crippen molar-refractivity contribution in [3.63, 3.8) is 0 Å². The monoisotopic (exact) mass is 324 g/mol. The lowest BCUT2D eigenvalue weighted by Gasteiger charge is -2.32. The van der Waals surface area contributed by atoms with Gasteiger partial charge in [0.15, 0.2) is 5.11 Å². The number of thiocarbonyl (C=S) groups is 1. The maximum Gasteiger partial charge on any atom is 0.177 e. The first kappa shape index (κ1) is 16.0. The highest BCUT2D eigenvalue weighted by Gasteiger charge is 2.20. The Labute approximate surface area is 144 Å². The summed E-state index contributed by atoms with van der Waals surface area (Å²) in [6.07, 6.45) is 2.28. The van der Waals surface area contributed by atoms with E-state index in [9.17, 15) is 0 Å². The number of nitrogens with one attached hydrogen (secondary N) is 1. The predicted molar refractivity (Wildman–Crippen MR) is 104 cm³/mol. The molecule has 0 spiro atoms. The molecule has 2 aromatic carbocycles. The quantitative estimate of drug-likeness (QED) is 0.758. The fourth-order valence-electron chi connectivity index (χ4n) is 3.08. The zero-order valence-electron chi connectivity index (χ0n) is 14.1. The first-order chi connectivity index (χ1) is 11.0. The van der Waals surface area contributed by atoms with Crippen LogP contribution >= 0.6 is 12.2 Å². The average molecular weight is 324 g/mol. The molecule has 0 radical (unpaired) electrons. The minimum atomic E-state index is 0.549. The van der Waals surface area contributed by atoms with Crippen molar-refractivity contribution in [1.29, 1.82) is 0 Å².